The standard InChI is InChI=1S/C12H15BrN2O3/c1-7-6-9(4-5-10(7)13)14-12(18)15(3)8(2)11(16)17/h4-6,8H,1-3H3,(H,14,18)(H,16,17). The molecule has 0 radical (unpaired) electrons. The summed E-state index contributed by atoms with van der Waals surface area (Å²) in [4.78, 5) is 23.7. The summed E-state index contributed by atoms with van der Waals surface area (Å²) in [5.41, 5.74) is 1.62. The van der Waals surface area contributed by atoms with Crippen molar-refractivity contribution >= 4 is 33.6 Å². The van der Waals surface area contributed by atoms with E-state index in [1.807, 2.05) is 13.0 Å². The van der Waals surface area contributed by atoms with E-state index in [4.69, 9.17) is 5.11 Å². The number of rotatable bonds is 3. The molecule has 98 valence electrons. The van der Waals surface area contributed by atoms with E-state index in [-0.39, 0.29) is 0 Å². The molecule has 18 heavy (non-hydrogen) atoms. The number of urea groups is 1. The Labute approximate surface area is 114 Å². The lowest BCUT2D eigenvalue weighted by molar-refractivity contribution is -0.141. The van der Waals surface area contributed by atoms with Crippen LogP contribution in [-0.2, 0) is 4.79 Å². The maximum Gasteiger partial charge on any atom is 0.326 e. The minimum absolute atomic E-state index is 0.452. The summed E-state index contributed by atoms with van der Waals surface area (Å²) in [5.74, 6) is -1.04. The number of carboxylic acids is 1. The first-order chi connectivity index (χ1) is 8.32. The lowest BCUT2D eigenvalue weighted by Gasteiger charge is -2.22. The number of aryl methyl sites for hydroxylation is 1. The van der Waals surface area contributed by atoms with Crippen molar-refractivity contribution in [1.29, 1.82) is 0 Å². The van der Waals surface area contributed by atoms with Crippen LogP contribution in [0.3, 0.4) is 0 Å². The zero-order valence-corrected chi connectivity index (χ0v) is 12.0. The maximum atomic E-state index is 11.8. The molecule has 1 aromatic carbocycles. The van der Waals surface area contributed by atoms with Crippen molar-refractivity contribution in [2.75, 3.05) is 12.4 Å². The molecule has 0 saturated heterocycles. The zero-order valence-electron chi connectivity index (χ0n) is 10.4. The molecule has 0 heterocycles. The number of carboxylic acid groups (broad SMARTS) is 1. The molecule has 0 spiro atoms. The number of likely N-dealkylation sites (N-methyl/N-ethyl adjacent to an activating group) is 1. The third kappa shape index (κ3) is 3.46. The maximum absolute atomic E-state index is 11.8. The van der Waals surface area contributed by atoms with E-state index in [9.17, 15) is 9.59 Å². The molecule has 0 saturated carbocycles. The number of carbonyl (C=O) groups is 2. The Hall–Kier alpha value is -1.56. The van der Waals surface area contributed by atoms with Gasteiger partial charge in [-0.15, -0.1) is 0 Å². The summed E-state index contributed by atoms with van der Waals surface area (Å²) in [6.45, 7) is 3.36. The molecule has 0 bridgehead atoms. The fourth-order valence-corrected chi connectivity index (χ4v) is 1.52. The Kier molecular flexibility index (Phi) is 4.72. The highest BCUT2D eigenvalue weighted by atomic mass is 79.9. The van der Waals surface area contributed by atoms with Crippen LogP contribution in [0, 0.1) is 6.92 Å². The van der Waals surface area contributed by atoms with Gasteiger partial charge in [0, 0.05) is 17.2 Å². The van der Waals surface area contributed by atoms with E-state index in [0.717, 1.165) is 14.9 Å². The average molecular weight is 315 g/mol. The number of carbonyl (C=O) groups excluding carboxylic acids is 1. The number of halogens is 1. The SMILES string of the molecule is Cc1cc(NC(=O)N(C)C(C)C(=O)O)ccc1Br. The summed E-state index contributed by atoms with van der Waals surface area (Å²) in [7, 11) is 1.44. The van der Waals surface area contributed by atoms with Crippen molar-refractivity contribution in [2.45, 2.75) is 19.9 Å². The molecule has 0 aliphatic carbocycles. The Balaban J connectivity index is 2.75. The van der Waals surface area contributed by atoms with E-state index in [0.29, 0.717) is 5.69 Å². The van der Waals surface area contributed by atoms with Gasteiger partial charge >= 0.3 is 12.0 Å². The Morgan fingerprint density at radius 2 is 2.06 bits per heavy atom. The Bertz CT molecular complexity index is 476. The van der Waals surface area contributed by atoms with Crippen LogP contribution in [0.1, 0.15) is 12.5 Å². The van der Waals surface area contributed by atoms with Crippen LogP contribution >= 0.6 is 15.9 Å². The van der Waals surface area contributed by atoms with Gasteiger partial charge < -0.3 is 15.3 Å². The van der Waals surface area contributed by atoms with Gasteiger partial charge in [0.05, 0.1) is 0 Å². The van der Waals surface area contributed by atoms with E-state index in [1.54, 1.807) is 12.1 Å². The first-order valence-electron chi connectivity index (χ1n) is 5.35. The average Bonchev–Trinajstić information content (AvgIpc) is 2.31. The summed E-state index contributed by atoms with van der Waals surface area (Å²) >= 11 is 3.37. The van der Waals surface area contributed by atoms with Crippen LogP contribution in [0.2, 0.25) is 0 Å². The first-order valence-corrected chi connectivity index (χ1v) is 6.15. The Morgan fingerprint density at radius 3 is 2.56 bits per heavy atom. The topological polar surface area (TPSA) is 69.6 Å². The van der Waals surface area contributed by atoms with Crippen molar-refractivity contribution in [2.24, 2.45) is 0 Å². The van der Waals surface area contributed by atoms with Gasteiger partial charge in [-0.2, -0.15) is 0 Å². The molecule has 1 aromatic rings. The van der Waals surface area contributed by atoms with Crippen LogP contribution in [0.15, 0.2) is 22.7 Å². The third-order valence-electron chi connectivity index (χ3n) is 2.67. The smallest absolute Gasteiger partial charge is 0.326 e. The fraction of sp³-hybridized carbons (Fsp3) is 0.333. The van der Waals surface area contributed by atoms with Crippen molar-refractivity contribution in [3.63, 3.8) is 0 Å². The van der Waals surface area contributed by atoms with Crippen molar-refractivity contribution in [3.8, 4) is 0 Å². The number of anilines is 1. The molecule has 5 nitrogen and oxygen atoms in total. The number of benzene rings is 1. The van der Waals surface area contributed by atoms with Crippen LogP contribution in [0.4, 0.5) is 10.5 Å². The second-order valence-electron chi connectivity index (χ2n) is 4.02. The molecular weight excluding hydrogens is 300 g/mol. The number of aliphatic carboxylic acids is 1. The van der Waals surface area contributed by atoms with Gasteiger partial charge in [-0.25, -0.2) is 9.59 Å². The van der Waals surface area contributed by atoms with Gasteiger partial charge in [0.15, 0.2) is 0 Å². The van der Waals surface area contributed by atoms with Gasteiger partial charge in [-0.3, -0.25) is 0 Å². The van der Waals surface area contributed by atoms with Crippen LogP contribution in [0.5, 0.6) is 0 Å². The number of nitrogens with zero attached hydrogens (tertiary/aromatic N) is 1. The van der Waals surface area contributed by atoms with Crippen molar-refractivity contribution < 1.29 is 14.7 Å². The predicted molar refractivity (Wildman–Crippen MR) is 72.8 cm³/mol. The van der Waals surface area contributed by atoms with Gasteiger partial charge in [0.2, 0.25) is 0 Å². The normalized spacial score (nSPS) is 11.8. The van der Waals surface area contributed by atoms with E-state index in [2.05, 4.69) is 21.2 Å². The number of hydrogen-bond donors (Lipinski definition) is 2. The summed E-state index contributed by atoms with van der Waals surface area (Å²) in [5, 5.41) is 11.5. The van der Waals surface area contributed by atoms with Crippen molar-refractivity contribution in [1.82, 2.24) is 4.90 Å². The molecule has 1 atom stereocenters. The van der Waals surface area contributed by atoms with Crippen molar-refractivity contribution in [3.05, 3.63) is 28.2 Å². The number of hydrogen-bond acceptors (Lipinski definition) is 2. The van der Waals surface area contributed by atoms with E-state index >= 15 is 0 Å². The molecule has 6 heteroatoms. The predicted octanol–water partition coefficient (Wildman–Crippen LogP) is 2.69. The highest BCUT2D eigenvalue weighted by Gasteiger charge is 2.21. The molecule has 1 unspecified atom stereocenters. The monoisotopic (exact) mass is 314 g/mol. The van der Waals surface area contributed by atoms with Crippen LogP contribution < -0.4 is 5.32 Å². The number of amides is 2. The lowest BCUT2D eigenvalue weighted by Crippen LogP contribution is -2.42. The van der Waals surface area contributed by atoms with Gasteiger partial charge in [0.25, 0.3) is 0 Å². The van der Waals surface area contributed by atoms with Crippen LogP contribution in [-0.4, -0.2) is 35.1 Å². The van der Waals surface area contributed by atoms with E-state index in [1.165, 1.54) is 14.0 Å². The highest BCUT2D eigenvalue weighted by molar-refractivity contribution is 9.10. The quantitative estimate of drug-likeness (QED) is 0.901. The summed E-state index contributed by atoms with van der Waals surface area (Å²) in [6.07, 6.45) is 0. The minimum Gasteiger partial charge on any atom is -0.480 e. The second kappa shape index (κ2) is 5.86. The second-order valence-corrected chi connectivity index (χ2v) is 4.87. The largest absolute Gasteiger partial charge is 0.480 e. The third-order valence-corrected chi connectivity index (χ3v) is 3.56. The molecular formula is C12H15BrN2O3. The van der Waals surface area contributed by atoms with Gasteiger partial charge in [0.1, 0.15) is 6.04 Å². The molecule has 0 aromatic heterocycles. The summed E-state index contributed by atoms with van der Waals surface area (Å²) in [6, 6.07) is 4.05. The fourth-order valence-electron chi connectivity index (χ4n) is 1.28. The molecule has 0 aliphatic heterocycles. The van der Waals surface area contributed by atoms with E-state index < -0.39 is 18.0 Å². The van der Waals surface area contributed by atoms with Gasteiger partial charge in [-0.1, -0.05) is 15.9 Å². The Morgan fingerprint density at radius 1 is 1.44 bits per heavy atom. The lowest BCUT2D eigenvalue weighted by atomic mass is 10.2. The molecule has 1 rings (SSSR count). The molecule has 0 fully saturated rings. The van der Waals surface area contributed by atoms with Gasteiger partial charge in [-0.05, 0) is 37.6 Å². The number of nitrogens with one attached hydrogen (secondary N) is 1. The van der Waals surface area contributed by atoms with Crippen LogP contribution in [0.25, 0.3) is 0 Å². The molecule has 2 amide bonds. The minimum atomic E-state index is -1.04. The molecule has 2 N–H and O–H groups in total. The highest BCUT2D eigenvalue weighted by Crippen LogP contribution is 2.20. The first kappa shape index (κ1) is 14.5. The zero-order chi connectivity index (χ0) is 13.9. The summed E-state index contributed by atoms with van der Waals surface area (Å²) < 4.78 is 0.952. The molecule has 0 aliphatic rings.